The van der Waals surface area contributed by atoms with E-state index >= 15 is 0 Å². The molecule has 3 aromatic rings. The van der Waals surface area contributed by atoms with Crippen molar-refractivity contribution in [2.24, 2.45) is 0 Å². The predicted octanol–water partition coefficient (Wildman–Crippen LogP) is 3.58. The largest absolute Gasteiger partial charge is 0.495 e. The van der Waals surface area contributed by atoms with Gasteiger partial charge in [-0.25, -0.2) is 4.98 Å². The second-order valence-corrected chi connectivity index (χ2v) is 6.16. The van der Waals surface area contributed by atoms with Crippen LogP contribution in [0.3, 0.4) is 0 Å². The van der Waals surface area contributed by atoms with E-state index in [-0.39, 0.29) is 5.91 Å². The van der Waals surface area contributed by atoms with E-state index in [1.165, 1.54) is 25.6 Å². The zero-order chi connectivity index (χ0) is 18.7. The van der Waals surface area contributed by atoms with Crippen LogP contribution in [0.25, 0.3) is 10.2 Å². The number of carbonyl (C=O) groups is 1. The van der Waals surface area contributed by atoms with Crippen molar-refractivity contribution in [1.29, 1.82) is 0 Å². The maximum atomic E-state index is 12.7. The van der Waals surface area contributed by atoms with Crippen molar-refractivity contribution in [1.82, 2.24) is 4.98 Å². The highest BCUT2D eigenvalue weighted by molar-refractivity contribution is 7.22. The summed E-state index contributed by atoms with van der Waals surface area (Å²) in [6.45, 7) is 0. The van der Waals surface area contributed by atoms with Crippen LogP contribution in [0.15, 0.2) is 30.3 Å². The number of hydrogen-bond donors (Lipinski definition) is 1. The molecule has 1 aromatic heterocycles. The van der Waals surface area contributed by atoms with Gasteiger partial charge in [-0.15, -0.1) is 0 Å². The first-order valence-electron chi connectivity index (χ1n) is 7.66. The minimum absolute atomic E-state index is 0.349. The van der Waals surface area contributed by atoms with Gasteiger partial charge in [-0.05, 0) is 24.3 Å². The van der Waals surface area contributed by atoms with E-state index in [1.54, 1.807) is 44.6 Å². The number of benzene rings is 2. The number of hydrogen-bond acceptors (Lipinski definition) is 7. The molecule has 1 heterocycles. The number of methoxy groups -OCH3 is 4. The van der Waals surface area contributed by atoms with Crippen molar-refractivity contribution in [3.8, 4) is 23.0 Å². The molecule has 0 radical (unpaired) electrons. The lowest BCUT2D eigenvalue weighted by Crippen LogP contribution is -2.13. The van der Waals surface area contributed by atoms with Crippen LogP contribution < -0.4 is 24.3 Å². The predicted molar refractivity (Wildman–Crippen MR) is 100 cm³/mol. The monoisotopic (exact) mass is 374 g/mol. The smallest absolute Gasteiger partial charge is 0.261 e. The number of para-hydroxylation sites is 1. The maximum absolute atomic E-state index is 12.7. The van der Waals surface area contributed by atoms with Crippen LogP contribution in [0.2, 0.25) is 0 Å². The fourth-order valence-electron chi connectivity index (χ4n) is 2.57. The van der Waals surface area contributed by atoms with Gasteiger partial charge in [-0.3, -0.25) is 10.1 Å². The van der Waals surface area contributed by atoms with Gasteiger partial charge in [0.05, 0.1) is 34.0 Å². The topological polar surface area (TPSA) is 78.9 Å². The van der Waals surface area contributed by atoms with Gasteiger partial charge in [0.15, 0.2) is 16.6 Å². The van der Waals surface area contributed by atoms with Crippen LogP contribution in [-0.2, 0) is 0 Å². The Balaban J connectivity index is 1.98. The number of thiazole rings is 1. The van der Waals surface area contributed by atoms with Crippen molar-refractivity contribution in [2.45, 2.75) is 0 Å². The summed E-state index contributed by atoms with van der Waals surface area (Å²) in [4.78, 5) is 17.2. The van der Waals surface area contributed by atoms with Gasteiger partial charge in [-0.2, -0.15) is 0 Å². The van der Waals surface area contributed by atoms with E-state index in [1.807, 2.05) is 0 Å². The summed E-state index contributed by atoms with van der Waals surface area (Å²) in [6, 6.07) is 8.68. The number of carbonyl (C=O) groups excluding carboxylic acids is 1. The Morgan fingerprint density at radius 2 is 1.62 bits per heavy atom. The molecule has 1 amide bonds. The molecule has 3 rings (SSSR count). The Kier molecular flexibility index (Phi) is 5.13. The molecule has 0 spiro atoms. The normalized spacial score (nSPS) is 10.5. The van der Waals surface area contributed by atoms with E-state index in [0.29, 0.717) is 39.2 Å². The zero-order valence-corrected chi connectivity index (χ0v) is 15.6. The average molecular weight is 374 g/mol. The maximum Gasteiger partial charge on any atom is 0.261 e. The van der Waals surface area contributed by atoms with Crippen LogP contribution in [0.1, 0.15) is 10.4 Å². The van der Waals surface area contributed by atoms with Crippen molar-refractivity contribution in [2.75, 3.05) is 33.8 Å². The second kappa shape index (κ2) is 7.49. The van der Waals surface area contributed by atoms with Gasteiger partial charge < -0.3 is 18.9 Å². The van der Waals surface area contributed by atoms with Crippen molar-refractivity contribution < 1.29 is 23.7 Å². The molecule has 0 atom stereocenters. The van der Waals surface area contributed by atoms with Crippen LogP contribution in [0.5, 0.6) is 23.0 Å². The standard InChI is InChI=1S/C18H18N2O5S/c1-22-11-8-9-13(24-3)16-14(11)19-18(26-16)20-17(21)10-6-5-7-12(23-2)15(10)25-4/h5-9H,1-4H3,(H,19,20,21). The van der Waals surface area contributed by atoms with Crippen molar-refractivity contribution >= 4 is 32.6 Å². The Bertz CT molecular complexity index is 913. The van der Waals surface area contributed by atoms with Gasteiger partial charge in [0, 0.05) is 0 Å². The molecule has 7 nitrogen and oxygen atoms in total. The number of fused-ring (bicyclic) bond motifs is 1. The third kappa shape index (κ3) is 3.11. The lowest BCUT2D eigenvalue weighted by atomic mass is 10.1. The quantitative estimate of drug-likeness (QED) is 0.710. The highest BCUT2D eigenvalue weighted by Gasteiger charge is 2.19. The van der Waals surface area contributed by atoms with E-state index in [0.717, 1.165) is 4.70 Å². The first-order valence-corrected chi connectivity index (χ1v) is 8.48. The highest BCUT2D eigenvalue weighted by atomic mass is 32.1. The number of nitrogens with one attached hydrogen (secondary N) is 1. The number of aromatic nitrogens is 1. The van der Waals surface area contributed by atoms with Crippen LogP contribution >= 0.6 is 11.3 Å². The number of nitrogens with zero attached hydrogens (tertiary/aromatic N) is 1. The Hall–Kier alpha value is -3.00. The van der Waals surface area contributed by atoms with Crippen molar-refractivity contribution in [3.63, 3.8) is 0 Å². The molecule has 0 saturated heterocycles. The lowest BCUT2D eigenvalue weighted by molar-refractivity contribution is 0.102. The molecule has 2 aromatic carbocycles. The summed E-state index contributed by atoms with van der Waals surface area (Å²) in [5, 5.41) is 3.23. The minimum atomic E-state index is -0.349. The lowest BCUT2D eigenvalue weighted by Gasteiger charge is -2.11. The molecule has 0 bridgehead atoms. The molecule has 1 N–H and O–H groups in total. The van der Waals surface area contributed by atoms with Gasteiger partial charge in [-0.1, -0.05) is 17.4 Å². The molecule has 0 aliphatic rings. The molecule has 0 saturated carbocycles. The zero-order valence-electron chi connectivity index (χ0n) is 14.8. The third-order valence-electron chi connectivity index (χ3n) is 3.78. The minimum Gasteiger partial charge on any atom is -0.495 e. The van der Waals surface area contributed by atoms with E-state index in [9.17, 15) is 4.79 Å². The first kappa shape index (κ1) is 17.8. The number of anilines is 1. The molecular weight excluding hydrogens is 356 g/mol. The summed E-state index contributed by atoms with van der Waals surface area (Å²) in [5.74, 6) is 1.77. The molecule has 136 valence electrons. The number of rotatable bonds is 6. The molecule has 0 unspecified atom stereocenters. The average Bonchev–Trinajstić information content (AvgIpc) is 3.09. The summed E-state index contributed by atoms with van der Waals surface area (Å²) in [7, 11) is 6.16. The van der Waals surface area contributed by atoms with E-state index in [4.69, 9.17) is 18.9 Å². The first-order chi connectivity index (χ1) is 12.6. The second-order valence-electron chi connectivity index (χ2n) is 5.16. The van der Waals surface area contributed by atoms with Gasteiger partial charge in [0.2, 0.25) is 0 Å². The van der Waals surface area contributed by atoms with Crippen LogP contribution in [-0.4, -0.2) is 39.3 Å². The molecule has 26 heavy (non-hydrogen) atoms. The Morgan fingerprint density at radius 3 is 2.27 bits per heavy atom. The SMILES string of the molecule is COc1cccc(C(=O)Nc2nc3c(OC)ccc(OC)c3s2)c1OC. The third-order valence-corrected chi connectivity index (χ3v) is 4.76. The molecule has 0 aliphatic heterocycles. The fraction of sp³-hybridized carbons (Fsp3) is 0.222. The Morgan fingerprint density at radius 1 is 0.923 bits per heavy atom. The van der Waals surface area contributed by atoms with Crippen molar-refractivity contribution in [3.05, 3.63) is 35.9 Å². The van der Waals surface area contributed by atoms with Gasteiger partial charge >= 0.3 is 0 Å². The summed E-state index contributed by atoms with van der Waals surface area (Å²) in [5.41, 5.74) is 0.981. The molecule has 8 heteroatoms. The van der Waals surface area contributed by atoms with Gasteiger partial charge in [0.25, 0.3) is 5.91 Å². The summed E-state index contributed by atoms with van der Waals surface area (Å²) in [6.07, 6.45) is 0. The van der Waals surface area contributed by atoms with Crippen LogP contribution in [0, 0.1) is 0 Å². The molecular formula is C18H18N2O5S. The van der Waals surface area contributed by atoms with E-state index < -0.39 is 0 Å². The molecule has 0 aliphatic carbocycles. The summed E-state index contributed by atoms with van der Waals surface area (Å²) < 4.78 is 22.0. The fourth-order valence-corrected chi connectivity index (χ4v) is 3.54. The molecule has 0 fully saturated rings. The van der Waals surface area contributed by atoms with Crippen LogP contribution in [0.4, 0.5) is 5.13 Å². The van der Waals surface area contributed by atoms with Gasteiger partial charge in [0.1, 0.15) is 21.7 Å². The highest BCUT2D eigenvalue weighted by Crippen LogP contribution is 2.39. The summed E-state index contributed by atoms with van der Waals surface area (Å²) >= 11 is 1.30. The van der Waals surface area contributed by atoms with E-state index in [2.05, 4.69) is 10.3 Å². The Labute approximate surface area is 154 Å². The number of amides is 1. The number of ether oxygens (including phenoxy) is 4.